The zero-order chi connectivity index (χ0) is 32.6. The van der Waals surface area contributed by atoms with Gasteiger partial charge in [0.1, 0.15) is 0 Å². The van der Waals surface area contributed by atoms with Crippen LogP contribution < -0.4 is 0 Å². The Morgan fingerprint density at radius 1 is 0.600 bits per heavy atom. The van der Waals surface area contributed by atoms with Crippen molar-refractivity contribution in [3.63, 3.8) is 0 Å². The van der Waals surface area contributed by atoms with E-state index in [0.29, 0.717) is 5.92 Å². The number of aryl methyl sites for hydroxylation is 5. The van der Waals surface area contributed by atoms with Gasteiger partial charge in [-0.15, -0.1) is 0 Å². The van der Waals surface area contributed by atoms with Crippen LogP contribution in [0, 0.1) is 40.5 Å². The van der Waals surface area contributed by atoms with Gasteiger partial charge in [-0.25, -0.2) is 0 Å². The van der Waals surface area contributed by atoms with E-state index in [4.69, 9.17) is 17.0 Å². The third-order valence-corrected chi connectivity index (χ3v) is 63.0. The fraction of sp³-hybridized carbons (Fsp3) is 0.317. The minimum atomic E-state index is -4.85. The summed E-state index contributed by atoms with van der Waals surface area (Å²) >= 11 is -4.85. The number of rotatable bonds is 6. The zero-order valence-corrected chi connectivity index (χ0v) is 33.7. The Bertz CT molecular complexity index is 1890. The van der Waals surface area contributed by atoms with E-state index in [-0.39, 0.29) is 7.25 Å². The number of fused-ring (bicyclic) bond motifs is 2. The van der Waals surface area contributed by atoms with Gasteiger partial charge in [0.15, 0.2) is 0 Å². The first-order valence-electron chi connectivity index (χ1n) is 16.5. The molecule has 0 spiro atoms. The molecule has 6 rings (SSSR count). The van der Waals surface area contributed by atoms with E-state index in [1.165, 1.54) is 83.5 Å². The number of allylic oxidation sites excluding steroid dienone is 2. The van der Waals surface area contributed by atoms with Crippen molar-refractivity contribution in [2.24, 2.45) is 5.92 Å². The summed E-state index contributed by atoms with van der Waals surface area (Å²) in [6.07, 6.45) is 4.94. The second-order valence-corrected chi connectivity index (χ2v) is 57.0. The van der Waals surface area contributed by atoms with E-state index < -0.39 is 21.5 Å². The van der Waals surface area contributed by atoms with E-state index in [1.54, 1.807) is 0 Å². The summed E-state index contributed by atoms with van der Waals surface area (Å²) in [6, 6.07) is 24.8. The summed E-state index contributed by atoms with van der Waals surface area (Å²) in [6.45, 7) is 23.1. The van der Waals surface area contributed by atoms with Crippen LogP contribution in [0.5, 0.6) is 0 Å². The van der Waals surface area contributed by atoms with Crippen molar-refractivity contribution in [2.75, 3.05) is 0 Å². The molecule has 0 fully saturated rings. The summed E-state index contributed by atoms with van der Waals surface area (Å²) in [5.74, 6) is -1.29. The van der Waals surface area contributed by atoms with Gasteiger partial charge in [-0.3, -0.25) is 0 Å². The van der Waals surface area contributed by atoms with E-state index in [2.05, 4.69) is 147 Å². The van der Waals surface area contributed by atoms with Gasteiger partial charge in [0, 0.05) is 0 Å². The molecule has 0 bridgehead atoms. The van der Waals surface area contributed by atoms with Gasteiger partial charge in [0.25, 0.3) is 0 Å². The van der Waals surface area contributed by atoms with E-state index in [9.17, 15) is 0 Å². The van der Waals surface area contributed by atoms with Crippen molar-refractivity contribution < 1.29 is 15.6 Å². The topological polar surface area (TPSA) is 0 Å². The molecule has 0 saturated heterocycles. The predicted molar refractivity (Wildman–Crippen MR) is 200 cm³/mol. The molecule has 0 nitrogen and oxygen atoms in total. The number of hydrogen-bond donors (Lipinski definition) is 0. The molecule has 0 N–H and O–H groups in total. The molecular weight excluding hydrogens is 683 g/mol. The molecule has 2 aliphatic rings. The fourth-order valence-corrected chi connectivity index (χ4v) is 41.1. The van der Waals surface area contributed by atoms with Gasteiger partial charge in [-0.1, -0.05) is 0 Å². The molecule has 2 aliphatic carbocycles. The average Bonchev–Trinajstić information content (AvgIpc) is 3.55. The molecule has 4 aromatic rings. The maximum atomic E-state index is 8.68. The Labute approximate surface area is 280 Å². The summed E-state index contributed by atoms with van der Waals surface area (Å²) in [5, 5.41) is 0. The minimum absolute atomic E-state index is 0.0858. The normalized spacial score (nSPS) is 18.5. The molecule has 0 saturated carbocycles. The monoisotopic (exact) mass is 727 g/mol. The van der Waals surface area contributed by atoms with Gasteiger partial charge < -0.3 is 0 Å². The molecule has 0 radical (unpaired) electrons. The number of halogens is 2. The van der Waals surface area contributed by atoms with Crippen LogP contribution in [-0.4, -0.2) is 5.92 Å². The molecule has 2 unspecified atom stereocenters. The van der Waals surface area contributed by atoms with Gasteiger partial charge in [0.2, 0.25) is 0 Å². The van der Waals surface area contributed by atoms with Crippen molar-refractivity contribution in [3.8, 4) is 22.3 Å². The van der Waals surface area contributed by atoms with Crippen LogP contribution in [0.4, 0.5) is 0 Å². The molecule has 2 atom stereocenters. The molecule has 0 amide bonds. The number of benzene rings is 4. The summed E-state index contributed by atoms with van der Waals surface area (Å²) < 4.78 is 0.172. The molecule has 0 heterocycles. The molecule has 4 heteroatoms. The molecular formula is C41H47Cl2SiZr. The van der Waals surface area contributed by atoms with Gasteiger partial charge in [-0.05, 0) is 0 Å². The summed E-state index contributed by atoms with van der Waals surface area (Å²) in [4.78, 5) is 0. The summed E-state index contributed by atoms with van der Waals surface area (Å²) in [7, 11) is 17.4. The van der Waals surface area contributed by atoms with Gasteiger partial charge >= 0.3 is 283 Å². The first-order valence-corrected chi connectivity index (χ1v) is 32.9. The Balaban J connectivity index is 1.64. The van der Waals surface area contributed by atoms with Crippen molar-refractivity contribution in [3.05, 3.63) is 128 Å². The second-order valence-electron chi connectivity index (χ2n) is 14.5. The average molecular weight is 730 g/mol. The fourth-order valence-electron chi connectivity index (χ4n) is 8.82. The van der Waals surface area contributed by atoms with Crippen LogP contribution in [0.1, 0.15) is 78.1 Å². The zero-order valence-electron chi connectivity index (χ0n) is 28.6. The van der Waals surface area contributed by atoms with Crippen molar-refractivity contribution in [1.82, 2.24) is 0 Å². The summed E-state index contributed by atoms with van der Waals surface area (Å²) in [5.41, 5.74) is 20.1. The predicted octanol–water partition coefficient (Wildman–Crippen LogP) is 12.8. The van der Waals surface area contributed by atoms with Gasteiger partial charge in [0.05, 0.1) is 0 Å². The SMILES string of the molecule is CC1=Cc2c(-c3c(C)cccc3C)ccc(C)c2[CH]1[Zr]([Cl])([Cl])([CH]1C(C(C)C)=Cc2c(-c3c(C)cccc3C)cccc21)[SiH](C)C. The quantitative estimate of drug-likeness (QED) is 0.173. The van der Waals surface area contributed by atoms with Crippen molar-refractivity contribution in [1.29, 1.82) is 0 Å². The van der Waals surface area contributed by atoms with Crippen LogP contribution in [0.3, 0.4) is 0 Å². The molecule has 0 aliphatic heterocycles. The Kier molecular flexibility index (Phi) is 8.52. The number of hydrogen-bond acceptors (Lipinski definition) is 0. The van der Waals surface area contributed by atoms with Crippen molar-refractivity contribution in [2.45, 2.75) is 75.7 Å². The first kappa shape index (κ1) is 33.0. The van der Waals surface area contributed by atoms with Crippen LogP contribution in [-0.2, 0) is 15.6 Å². The first-order chi connectivity index (χ1) is 21.2. The van der Waals surface area contributed by atoms with Crippen LogP contribution >= 0.6 is 17.0 Å². The Morgan fingerprint density at radius 2 is 1.11 bits per heavy atom. The standard InChI is InChI=1S/C20H21.C19H19.C2H7Si.2ClH.Zr/c1-13(2)17-11-16-9-6-10-18(19(16)12-17)20-14(3)7-5-8-15(20)4;1-12-10-17-13(2)8-9-16(18(17)11-12)19-14(3)6-5-7-15(19)4;1-3-2;;;/h5-13H,1-4H3;5-11H,1-4H3;3H,1-2H3;2*1H;/q;;;;;+2/p-2. The third-order valence-electron chi connectivity index (χ3n) is 11.1. The van der Waals surface area contributed by atoms with Gasteiger partial charge in [-0.2, -0.15) is 0 Å². The van der Waals surface area contributed by atoms with Crippen molar-refractivity contribution >= 4 is 35.1 Å². The Morgan fingerprint density at radius 3 is 1.62 bits per heavy atom. The molecule has 233 valence electrons. The second kappa shape index (κ2) is 11.6. The maximum absolute atomic E-state index is 8.68. The Hall–Kier alpha value is -1.96. The van der Waals surface area contributed by atoms with E-state index in [0.717, 1.165) is 0 Å². The van der Waals surface area contributed by atoms with E-state index in [1.807, 2.05) is 0 Å². The van der Waals surface area contributed by atoms with Crippen LogP contribution in [0.2, 0.25) is 13.1 Å². The molecule has 0 aromatic heterocycles. The van der Waals surface area contributed by atoms with E-state index >= 15 is 0 Å². The molecule has 45 heavy (non-hydrogen) atoms. The van der Waals surface area contributed by atoms with Crippen LogP contribution in [0.25, 0.3) is 34.4 Å². The van der Waals surface area contributed by atoms with Crippen LogP contribution in [0.15, 0.2) is 77.9 Å². The molecule has 4 aromatic carbocycles. The third kappa shape index (κ3) is 4.92.